The first kappa shape index (κ1) is 9.65. The minimum Gasteiger partial charge on any atom is -0.465 e. The fraction of sp³-hybridized carbons (Fsp3) is 0.167. The van der Waals surface area contributed by atoms with Crippen LogP contribution < -0.4 is 0 Å². The summed E-state index contributed by atoms with van der Waals surface area (Å²) in [6, 6.07) is 7.71. The van der Waals surface area contributed by atoms with Crippen molar-refractivity contribution in [2.24, 2.45) is 0 Å². The van der Waals surface area contributed by atoms with Crippen molar-refractivity contribution in [1.29, 1.82) is 0 Å². The van der Waals surface area contributed by atoms with Crippen LogP contribution in [-0.4, -0.2) is 18.1 Å². The average molecular weight is 201 g/mol. The Kier molecular flexibility index (Phi) is 2.37. The Morgan fingerprint density at radius 2 is 2.13 bits per heavy atom. The van der Waals surface area contributed by atoms with Gasteiger partial charge in [-0.1, -0.05) is 12.1 Å². The van der Waals surface area contributed by atoms with Crippen molar-refractivity contribution < 1.29 is 9.53 Å². The summed E-state index contributed by atoms with van der Waals surface area (Å²) in [6.07, 6.45) is 1.54. The molecule has 0 saturated heterocycles. The lowest BCUT2D eigenvalue weighted by Crippen LogP contribution is -2.01. The monoisotopic (exact) mass is 201 g/mol. The van der Waals surface area contributed by atoms with Crippen LogP contribution in [0.25, 0.3) is 10.9 Å². The fourth-order valence-corrected chi connectivity index (χ4v) is 1.46. The summed E-state index contributed by atoms with van der Waals surface area (Å²) in [5, 5.41) is 0.948. The number of carbonyl (C=O) groups excluding carboxylic acids is 1. The number of esters is 1. The first-order valence-electron chi connectivity index (χ1n) is 4.65. The van der Waals surface area contributed by atoms with Gasteiger partial charge in [0.1, 0.15) is 0 Å². The minimum absolute atomic E-state index is 0.357. The van der Waals surface area contributed by atoms with Crippen molar-refractivity contribution in [3.63, 3.8) is 0 Å². The number of nitrogens with zero attached hydrogens (tertiary/aromatic N) is 1. The number of hydrogen-bond acceptors (Lipinski definition) is 3. The van der Waals surface area contributed by atoms with E-state index in [1.807, 2.05) is 25.1 Å². The topological polar surface area (TPSA) is 39.2 Å². The van der Waals surface area contributed by atoms with E-state index >= 15 is 0 Å². The molecule has 0 amide bonds. The van der Waals surface area contributed by atoms with E-state index < -0.39 is 0 Å². The molecule has 3 heteroatoms. The number of ether oxygens (including phenoxy) is 1. The van der Waals surface area contributed by atoms with Gasteiger partial charge in [-0.15, -0.1) is 0 Å². The number of aryl methyl sites for hydroxylation is 1. The van der Waals surface area contributed by atoms with E-state index in [1.165, 1.54) is 13.3 Å². The number of methoxy groups -OCH3 is 1. The summed E-state index contributed by atoms with van der Waals surface area (Å²) in [6.45, 7) is 2.01. The zero-order valence-corrected chi connectivity index (χ0v) is 8.65. The van der Waals surface area contributed by atoms with Crippen molar-refractivity contribution >= 4 is 16.9 Å². The Labute approximate surface area is 87.7 Å². The van der Waals surface area contributed by atoms with E-state index in [0.29, 0.717) is 5.56 Å². The van der Waals surface area contributed by atoms with Crippen molar-refractivity contribution in [2.45, 2.75) is 6.92 Å². The normalized spacial score (nSPS) is 10.3. The summed E-state index contributed by atoms with van der Waals surface area (Å²) < 4.78 is 4.63. The molecule has 1 heterocycles. The van der Waals surface area contributed by atoms with Gasteiger partial charge in [0, 0.05) is 11.6 Å². The van der Waals surface area contributed by atoms with Gasteiger partial charge in [0.25, 0.3) is 0 Å². The van der Waals surface area contributed by atoms with Gasteiger partial charge in [-0.25, -0.2) is 4.79 Å². The number of carbonyl (C=O) groups is 1. The minimum atomic E-state index is -0.357. The SMILES string of the molecule is COC(=O)c1cnc2cc(C)ccc2c1. The molecule has 1 aromatic heterocycles. The molecule has 2 rings (SSSR count). The molecule has 0 bridgehead atoms. The number of fused-ring (bicyclic) bond motifs is 1. The molecular formula is C12H11NO2. The van der Waals surface area contributed by atoms with E-state index in [1.54, 1.807) is 6.07 Å². The lowest BCUT2D eigenvalue weighted by atomic mass is 10.1. The van der Waals surface area contributed by atoms with Crippen LogP contribution in [0, 0.1) is 6.92 Å². The molecule has 0 saturated carbocycles. The largest absolute Gasteiger partial charge is 0.465 e. The van der Waals surface area contributed by atoms with Crippen LogP contribution in [0.5, 0.6) is 0 Å². The van der Waals surface area contributed by atoms with Crippen LogP contribution in [-0.2, 0) is 4.74 Å². The Morgan fingerprint density at radius 3 is 2.87 bits per heavy atom. The molecule has 0 aliphatic carbocycles. The van der Waals surface area contributed by atoms with Gasteiger partial charge in [0.15, 0.2) is 0 Å². The predicted molar refractivity (Wildman–Crippen MR) is 57.8 cm³/mol. The molecule has 0 aliphatic rings. The van der Waals surface area contributed by atoms with Crippen molar-refractivity contribution in [1.82, 2.24) is 4.98 Å². The van der Waals surface area contributed by atoms with Gasteiger partial charge in [-0.3, -0.25) is 4.98 Å². The molecular weight excluding hydrogens is 190 g/mol. The molecule has 0 unspecified atom stereocenters. The second-order valence-corrected chi connectivity index (χ2v) is 3.41. The molecule has 0 fully saturated rings. The van der Waals surface area contributed by atoms with E-state index in [-0.39, 0.29) is 5.97 Å². The molecule has 1 aromatic carbocycles. The highest BCUT2D eigenvalue weighted by atomic mass is 16.5. The van der Waals surface area contributed by atoms with E-state index in [4.69, 9.17) is 0 Å². The van der Waals surface area contributed by atoms with Crippen LogP contribution in [0.4, 0.5) is 0 Å². The maximum Gasteiger partial charge on any atom is 0.339 e. The van der Waals surface area contributed by atoms with Crippen molar-refractivity contribution in [2.75, 3.05) is 7.11 Å². The number of benzene rings is 1. The molecule has 76 valence electrons. The maximum absolute atomic E-state index is 11.3. The van der Waals surface area contributed by atoms with E-state index in [9.17, 15) is 4.79 Å². The summed E-state index contributed by atoms with van der Waals surface area (Å²) in [4.78, 5) is 15.5. The first-order chi connectivity index (χ1) is 7.20. The first-order valence-corrected chi connectivity index (χ1v) is 4.65. The van der Waals surface area contributed by atoms with Gasteiger partial charge in [0.2, 0.25) is 0 Å². The van der Waals surface area contributed by atoms with Gasteiger partial charge in [-0.2, -0.15) is 0 Å². The smallest absolute Gasteiger partial charge is 0.339 e. The Hall–Kier alpha value is -1.90. The van der Waals surface area contributed by atoms with Crippen LogP contribution in [0.1, 0.15) is 15.9 Å². The maximum atomic E-state index is 11.3. The third-order valence-electron chi connectivity index (χ3n) is 2.26. The summed E-state index contributed by atoms with van der Waals surface area (Å²) in [7, 11) is 1.36. The zero-order chi connectivity index (χ0) is 10.8. The van der Waals surface area contributed by atoms with Gasteiger partial charge in [-0.05, 0) is 24.6 Å². The van der Waals surface area contributed by atoms with Crippen molar-refractivity contribution in [3.8, 4) is 0 Å². The predicted octanol–water partition coefficient (Wildman–Crippen LogP) is 2.33. The van der Waals surface area contributed by atoms with Gasteiger partial charge in [0.05, 0.1) is 18.2 Å². The zero-order valence-electron chi connectivity index (χ0n) is 8.65. The summed E-state index contributed by atoms with van der Waals surface area (Å²) >= 11 is 0. The van der Waals surface area contributed by atoms with Gasteiger partial charge < -0.3 is 4.74 Å². The van der Waals surface area contributed by atoms with Crippen LogP contribution in [0.3, 0.4) is 0 Å². The Balaban J connectivity index is 2.57. The highest BCUT2D eigenvalue weighted by molar-refractivity contribution is 5.93. The second kappa shape index (κ2) is 3.69. The highest BCUT2D eigenvalue weighted by Gasteiger charge is 2.06. The second-order valence-electron chi connectivity index (χ2n) is 3.41. The van der Waals surface area contributed by atoms with Gasteiger partial charge >= 0.3 is 5.97 Å². The van der Waals surface area contributed by atoms with Crippen LogP contribution in [0.15, 0.2) is 30.5 Å². The number of aromatic nitrogens is 1. The third-order valence-corrected chi connectivity index (χ3v) is 2.26. The highest BCUT2D eigenvalue weighted by Crippen LogP contribution is 2.15. The molecule has 2 aromatic rings. The number of rotatable bonds is 1. The third kappa shape index (κ3) is 1.81. The summed E-state index contributed by atoms with van der Waals surface area (Å²) in [5.74, 6) is -0.357. The Morgan fingerprint density at radius 1 is 1.33 bits per heavy atom. The molecule has 0 spiro atoms. The lowest BCUT2D eigenvalue weighted by Gasteiger charge is -2.01. The number of hydrogen-bond donors (Lipinski definition) is 0. The molecule has 3 nitrogen and oxygen atoms in total. The van der Waals surface area contributed by atoms with Crippen LogP contribution in [0.2, 0.25) is 0 Å². The molecule has 0 atom stereocenters. The lowest BCUT2D eigenvalue weighted by molar-refractivity contribution is 0.0600. The molecule has 15 heavy (non-hydrogen) atoms. The fourth-order valence-electron chi connectivity index (χ4n) is 1.46. The molecule has 0 aliphatic heterocycles. The standard InChI is InChI=1S/C12H11NO2/c1-8-3-4-9-6-10(12(14)15-2)7-13-11(9)5-8/h3-7H,1-2H3. The average Bonchev–Trinajstić information content (AvgIpc) is 2.27. The quantitative estimate of drug-likeness (QED) is 0.665. The van der Waals surface area contributed by atoms with E-state index in [2.05, 4.69) is 9.72 Å². The van der Waals surface area contributed by atoms with Crippen molar-refractivity contribution in [3.05, 3.63) is 41.6 Å². The number of pyridine rings is 1. The summed E-state index contributed by atoms with van der Waals surface area (Å²) in [5.41, 5.74) is 2.53. The van der Waals surface area contributed by atoms with E-state index in [0.717, 1.165) is 16.5 Å². The molecule has 0 radical (unpaired) electrons. The Bertz CT molecular complexity index is 520. The van der Waals surface area contributed by atoms with Crippen LogP contribution >= 0.6 is 0 Å². The molecule has 0 N–H and O–H groups in total.